The van der Waals surface area contributed by atoms with Crippen LogP contribution in [0.2, 0.25) is 0 Å². The Bertz CT molecular complexity index is 785. The number of rotatable bonds is 6. The lowest BCUT2D eigenvalue weighted by molar-refractivity contribution is 0.320. The van der Waals surface area contributed by atoms with E-state index < -0.39 is 0 Å². The minimum Gasteiger partial charge on any atom is -0.489 e. The summed E-state index contributed by atoms with van der Waals surface area (Å²) in [4.78, 5) is 11.2. The van der Waals surface area contributed by atoms with Crippen LogP contribution in [0.25, 0.3) is 11.0 Å². The van der Waals surface area contributed by atoms with E-state index in [4.69, 9.17) is 13.9 Å². The largest absolute Gasteiger partial charge is 0.489 e. The zero-order valence-corrected chi connectivity index (χ0v) is 13.8. The van der Waals surface area contributed by atoms with Crippen LogP contribution in [0.15, 0.2) is 51.2 Å². The maximum atomic E-state index is 11.2. The number of ether oxygens (including phenoxy) is 2. The molecule has 4 nitrogen and oxygen atoms in total. The zero-order valence-electron chi connectivity index (χ0n) is 13.8. The van der Waals surface area contributed by atoms with Crippen molar-refractivity contribution in [2.45, 2.75) is 45.3 Å². The van der Waals surface area contributed by atoms with Gasteiger partial charge in [-0.2, -0.15) is 0 Å². The van der Waals surface area contributed by atoms with Crippen molar-refractivity contribution in [1.82, 2.24) is 0 Å². The second kappa shape index (κ2) is 6.20. The summed E-state index contributed by atoms with van der Waals surface area (Å²) in [7, 11) is 0. The van der Waals surface area contributed by atoms with Gasteiger partial charge in [-0.15, -0.1) is 0 Å². The van der Waals surface area contributed by atoms with Crippen molar-refractivity contribution in [3.8, 4) is 5.75 Å². The van der Waals surface area contributed by atoms with E-state index in [1.54, 1.807) is 12.1 Å². The topological polar surface area (TPSA) is 52.0 Å². The third kappa shape index (κ3) is 4.02. The molecule has 1 aromatic carbocycles. The molecule has 1 unspecified atom stereocenters. The molecule has 1 fully saturated rings. The van der Waals surface area contributed by atoms with Gasteiger partial charge in [-0.05, 0) is 57.9 Å². The summed E-state index contributed by atoms with van der Waals surface area (Å²) in [5, 5.41) is 0.885. The van der Waals surface area contributed by atoms with E-state index in [0.717, 1.165) is 18.2 Å². The molecule has 0 radical (unpaired) electrons. The molecule has 2 aromatic rings. The molecule has 3 rings (SSSR count). The summed E-state index contributed by atoms with van der Waals surface area (Å²) in [5.41, 5.74) is 1.55. The minimum atomic E-state index is -0.351. The highest BCUT2D eigenvalue weighted by Gasteiger charge is 2.46. The number of hydrogen-bond acceptors (Lipinski definition) is 4. The van der Waals surface area contributed by atoms with Crippen molar-refractivity contribution in [2.75, 3.05) is 6.61 Å². The molecule has 1 atom stereocenters. The van der Waals surface area contributed by atoms with E-state index in [2.05, 4.69) is 26.8 Å². The van der Waals surface area contributed by atoms with Crippen molar-refractivity contribution < 1.29 is 13.9 Å². The van der Waals surface area contributed by atoms with E-state index in [1.165, 1.54) is 11.6 Å². The highest BCUT2D eigenvalue weighted by atomic mass is 16.6. The highest BCUT2D eigenvalue weighted by Crippen LogP contribution is 2.38. The van der Waals surface area contributed by atoms with Gasteiger partial charge in [-0.1, -0.05) is 5.57 Å². The fraction of sp³-hybridized carbons (Fsp3) is 0.421. The monoisotopic (exact) mass is 314 g/mol. The van der Waals surface area contributed by atoms with Crippen LogP contribution in [0, 0.1) is 0 Å². The SMILES string of the molecule is CC(=CCOc1ccc2ccc(=O)oc2c1)CCC1OC1(C)C. The predicted octanol–water partition coefficient (Wildman–Crippen LogP) is 4.08. The van der Waals surface area contributed by atoms with Crippen molar-refractivity contribution in [2.24, 2.45) is 0 Å². The fourth-order valence-corrected chi connectivity index (χ4v) is 2.61. The Morgan fingerprint density at radius 3 is 2.78 bits per heavy atom. The van der Waals surface area contributed by atoms with E-state index in [0.29, 0.717) is 24.0 Å². The number of epoxide rings is 1. The first-order chi connectivity index (χ1) is 10.9. The number of allylic oxidation sites excluding steroid dienone is 1. The van der Waals surface area contributed by atoms with Crippen molar-refractivity contribution >= 4 is 11.0 Å². The molecule has 1 aliphatic rings. The lowest BCUT2D eigenvalue weighted by Crippen LogP contribution is -2.03. The van der Waals surface area contributed by atoms with Gasteiger partial charge < -0.3 is 13.9 Å². The molecular formula is C19H22O4. The average molecular weight is 314 g/mol. The van der Waals surface area contributed by atoms with Crippen LogP contribution in [0.5, 0.6) is 5.75 Å². The first-order valence-electron chi connectivity index (χ1n) is 7.94. The Kier molecular flexibility index (Phi) is 4.26. The van der Waals surface area contributed by atoms with Gasteiger partial charge in [0, 0.05) is 17.5 Å². The van der Waals surface area contributed by atoms with Gasteiger partial charge in [0.2, 0.25) is 0 Å². The number of benzene rings is 1. The molecule has 1 saturated heterocycles. The Balaban J connectivity index is 1.53. The molecule has 1 aromatic heterocycles. The summed E-state index contributed by atoms with van der Waals surface area (Å²) >= 11 is 0. The molecular weight excluding hydrogens is 292 g/mol. The lowest BCUT2D eigenvalue weighted by Gasteiger charge is -2.05. The second-order valence-corrected chi connectivity index (χ2v) is 6.56. The maximum Gasteiger partial charge on any atom is 0.336 e. The quantitative estimate of drug-likeness (QED) is 0.458. The van der Waals surface area contributed by atoms with Crippen LogP contribution in [0.1, 0.15) is 33.6 Å². The maximum absolute atomic E-state index is 11.2. The smallest absolute Gasteiger partial charge is 0.336 e. The van der Waals surface area contributed by atoms with Gasteiger partial charge in [-0.25, -0.2) is 4.79 Å². The van der Waals surface area contributed by atoms with E-state index in [1.807, 2.05) is 12.1 Å². The van der Waals surface area contributed by atoms with Crippen molar-refractivity contribution in [1.29, 1.82) is 0 Å². The van der Waals surface area contributed by atoms with Crippen LogP contribution in [0.4, 0.5) is 0 Å². The molecule has 2 heterocycles. The van der Waals surface area contributed by atoms with Crippen LogP contribution in [-0.2, 0) is 4.74 Å². The summed E-state index contributed by atoms with van der Waals surface area (Å²) in [6.45, 7) is 6.86. The molecule has 4 heteroatoms. The Labute approximate surface area is 135 Å². The van der Waals surface area contributed by atoms with Crippen LogP contribution < -0.4 is 10.4 Å². The highest BCUT2D eigenvalue weighted by molar-refractivity contribution is 5.77. The van der Waals surface area contributed by atoms with Gasteiger partial charge in [0.05, 0.1) is 11.7 Å². The van der Waals surface area contributed by atoms with Crippen LogP contribution >= 0.6 is 0 Å². The Morgan fingerprint density at radius 1 is 1.30 bits per heavy atom. The molecule has 0 N–H and O–H groups in total. The Morgan fingerprint density at radius 2 is 2.04 bits per heavy atom. The van der Waals surface area contributed by atoms with Crippen molar-refractivity contribution in [3.05, 3.63) is 52.4 Å². The van der Waals surface area contributed by atoms with Gasteiger partial charge in [0.15, 0.2) is 0 Å². The summed E-state index contributed by atoms with van der Waals surface area (Å²) in [5.74, 6) is 0.697. The molecule has 0 amide bonds. The van der Waals surface area contributed by atoms with Gasteiger partial charge in [0.1, 0.15) is 17.9 Å². The minimum absolute atomic E-state index is 0.0613. The fourth-order valence-electron chi connectivity index (χ4n) is 2.61. The van der Waals surface area contributed by atoms with Gasteiger partial charge in [-0.3, -0.25) is 0 Å². The van der Waals surface area contributed by atoms with Crippen LogP contribution in [0.3, 0.4) is 0 Å². The standard InChI is InChI=1S/C19H22O4/c1-13(4-8-17-19(2,3)23-17)10-11-21-15-7-5-14-6-9-18(20)22-16(14)12-15/h5-7,9-10,12,17H,4,8,11H2,1-3H3. The molecule has 0 bridgehead atoms. The van der Waals surface area contributed by atoms with E-state index in [-0.39, 0.29) is 11.2 Å². The van der Waals surface area contributed by atoms with E-state index in [9.17, 15) is 4.79 Å². The molecule has 0 spiro atoms. The molecule has 0 aliphatic carbocycles. The normalized spacial score (nSPS) is 19.8. The first-order valence-corrected chi connectivity index (χ1v) is 7.94. The first kappa shape index (κ1) is 15.8. The third-order valence-electron chi connectivity index (χ3n) is 4.24. The van der Waals surface area contributed by atoms with Gasteiger partial charge >= 0.3 is 5.63 Å². The predicted molar refractivity (Wildman–Crippen MR) is 89.9 cm³/mol. The van der Waals surface area contributed by atoms with E-state index >= 15 is 0 Å². The molecule has 122 valence electrons. The third-order valence-corrected chi connectivity index (χ3v) is 4.24. The molecule has 1 aliphatic heterocycles. The number of fused-ring (bicyclic) bond motifs is 1. The second-order valence-electron chi connectivity index (χ2n) is 6.56. The molecule has 0 saturated carbocycles. The zero-order chi connectivity index (χ0) is 16.4. The van der Waals surface area contributed by atoms with Crippen LogP contribution in [-0.4, -0.2) is 18.3 Å². The lowest BCUT2D eigenvalue weighted by atomic mass is 10.0. The summed E-state index contributed by atoms with van der Waals surface area (Å²) in [6, 6.07) is 8.68. The van der Waals surface area contributed by atoms with Gasteiger partial charge in [0.25, 0.3) is 0 Å². The average Bonchev–Trinajstić information content (AvgIpc) is 3.12. The summed E-state index contributed by atoms with van der Waals surface area (Å²) in [6.07, 6.45) is 4.54. The number of hydrogen-bond donors (Lipinski definition) is 0. The summed E-state index contributed by atoms with van der Waals surface area (Å²) < 4.78 is 16.5. The Hall–Kier alpha value is -2.07. The van der Waals surface area contributed by atoms with Crippen molar-refractivity contribution in [3.63, 3.8) is 0 Å². The molecule has 23 heavy (non-hydrogen) atoms.